The zero-order chi connectivity index (χ0) is 16.7. The van der Waals surface area contributed by atoms with Gasteiger partial charge in [0.2, 0.25) is 5.91 Å². The van der Waals surface area contributed by atoms with Crippen LogP contribution in [-0.2, 0) is 14.3 Å². The Morgan fingerprint density at radius 1 is 1.27 bits per heavy atom. The van der Waals surface area contributed by atoms with Crippen LogP contribution in [-0.4, -0.2) is 36.2 Å². The molecule has 1 aliphatic carbocycles. The summed E-state index contributed by atoms with van der Waals surface area (Å²) >= 11 is 0. The van der Waals surface area contributed by atoms with E-state index in [9.17, 15) is 9.59 Å². The molecule has 0 heterocycles. The van der Waals surface area contributed by atoms with E-state index in [2.05, 4.69) is 26.1 Å². The summed E-state index contributed by atoms with van der Waals surface area (Å²) in [5.74, 6) is 0.677. The standard InChI is InChI=1S/C17H31NO4/c1-11(2)14-6-5-12(3)7-15(14)22-10-16(19)18-9-13(4)8-17(20)21/h11-15H,5-10H2,1-4H3,(H,18,19)(H,20,21). The van der Waals surface area contributed by atoms with Gasteiger partial charge < -0.3 is 15.2 Å². The number of carboxylic acids is 1. The predicted molar refractivity (Wildman–Crippen MR) is 85.5 cm³/mol. The van der Waals surface area contributed by atoms with E-state index >= 15 is 0 Å². The van der Waals surface area contributed by atoms with Gasteiger partial charge in [-0.15, -0.1) is 0 Å². The molecule has 22 heavy (non-hydrogen) atoms. The smallest absolute Gasteiger partial charge is 0.303 e. The van der Waals surface area contributed by atoms with Crippen molar-refractivity contribution in [3.8, 4) is 0 Å². The highest BCUT2D eigenvalue weighted by molar-refractivity contribution is 5.77. The Hall–Kier alpha value is -1.10. The van der Waals surface area contributed by atoms with E-state index in [1.165, 1.54) is 12.8 Å². The van der Waals surface area contributed by atoms with Gasteiger partial charge in [-0.25, -0.2) is 0 Å². The summed E-state index contributed by atoms with van der Waals surface area (Å²) in [4.78, 5) is 22.4. The zero-order valence-corrected chi connectivity index (χ0v) is 14.3. The quantitative estimate of drug-likeness (QED) is 0.722. The molecular weight excluding hydrogens is 282 g/mol. The number of aliphatic carboxylic acids is 1. The van der Waals surface area contributed by atoms with E-state index in [1.54, 1.807) is 0 Å². The lowest BCUT2D eigenvalue weighted by atomic mass is 9.75. The predicted octanol–water partition coefficient (Wildman–Crippen LogP) is 2.69. The van der Waals surface area contributed by atoms with Crippen LogP contribution in [0.25, 0.3) is 0 Å². The first-order valence-electron chi connectivity index (χ1n) is 8.39. The maximum absolute atomic E-state index is 11.9. The van der Waals surface area contributed by atoms with Gasteiger partial charge in [-0.05, 0) is 36.5 Å². The lowest BCUT2D eigenvalue weighted by Gasteiger charge is -2.37. The fourth-order valence-corrected chi connectivity index (χ4v) is 3.20. The fraction of sp³-hybridized carbons (Fsp3) is 0.882. The van der Waals surface area contributed by atoms with Crippen LogP contribution in [0.4, 0.5) is 0 Å². The minimum absolute atomic E-state index is 0.0662. The second-order valence-corrected chi connectivity index (χ2v) is 7.18. The number of hydrogen-bond acceptors (Lipinski definition) is 3. The summed E-state index contributed by atoms with van der Waals surface area (Å²) in [5, 5.41) is 11.4. The molecule has 1 rings (SSSR count). The highest BCUT2D eigenvalue weighted by Gasteiger charge is 2.31. The Labute approximate surface area is 133 Å². The molecule has 4 unspecified atom stereocenters. The van der Waals surface area contributed by atoms with Gasteiger partial charge in [0.05, 0.1) is 6.10 Å². The summed E-state index contributed by atoms with van der Waals surface area (Å²) in [6.45, 7) is 8.92. The molecule has 4 atom stereocenters. The van der Waals surface area contributed by atoms with Crippen LogP contribution < -0.4 is 5.32 Å². The summed E-state index contributed by atoms with van der Waals surface area (Å²) < 4.78 is 5.87. The van der Waals surface area contributed by atoms with E-state index in [1.807, 2.05) is 6.92 Å². The molecule has 2 N–H and O–H groups in total. The van der Waals surface area contributed by atoms with Crippen molar-refractivity contribution in [1.29, 1.82) is 0 Å². The highest BCUT2D eigenvalue weighted by Crippen LogP contribution is 2.35. The summed E-state index contributed by atoms with van der Waals surface area (Å²) in [6, 6.07) is 0. The van der Waals surface area contributed by atoms with Crippen molar-refractivity contribution in [1.82, 2.24) is 5.32 Å². The van der Waals surface area contributed by atoms with Crippen molar-refractivity contribution in [2.75, 3.05) is 13.2 Å². The third kappa shape index (κ3) is 6.77. The first-order chi connectivity index (χ1) is 10.3. The molecule has 0 aromatic heterocycles. The molecule has 0 saturated heterocycles. The topological polar surface area (TPSA) is 75.6 Å². The molecule has 1 fully saturated rings. The molecule has 5 heteroatoms. The van der Waals surface area contributed by atoms with Crippen molar-refractivity contribution in [2.45, 2.75) is 59.5 Å². The maximum Gasteiger partial charge on any atom is 0.303 e. The number of nitrogens with one attached hydrogen (secondary N) is 1. The second kappa shape index (κ2) is 9.13. The second-order valence-electron chi connectivity index (χ2n) is 7.18. The molecule has 1 amide bonds. The SMILES string of the molecule is CC(CNC(=O)COC1CC(C)CCC1C(C)C)CC(=O)O. The Morgan fingerprint density at radius 2 is 1.95 bits per heavy atom. The molecule has 128 valence electrons. The highest BCUT2D eigenvalue weighted by atomic mass is 16.5. The van der Waals surface area contributed by atoms with Gasteiger partial charge in [-0.1, -0.05) is 34.1 Å². The molecule has 1 aliphatic rings. The van der Waals surface area contributed by atoms with Crippen LogP contribution in [0.2, 0.25) is 0 Å². The minimum atomic E-state index is -0.839. The van der Waals surface area contributed by atoms with Crippen LogP contribution in [0.3, 0.4) is 0 Å². The molecule has 1 saturated carbocycles. The van der Waals surface area contributed by atoms with Crippen LogP contribution in [0, 0.1) is 23.7 Å². The maximum atomic E-state index is 11.9. The zero-order valence-electron chi connectivity index (χ0n) is 14.3. The van der Waals surface area contributed by atoms with Gasteiger partial charge in [0, 0.05) is 13.0 Å². The molecule has 5 nitrogen and oxygen atoms in total. The molecule has 0 radical (unpaired) electrons. The molecule has 0 spiro atoms. The van der Waals surface area contributed by atoms with Crippen molar-refractivity contribution < 1.29 is 19.4 Å². The molecular formula is C17H31NO4. The van der Waals surface area contributed by atoms with Gasteiger partial charge >= 0.3 is 5.97 Å². The van der Waals surface area contributed by atoms with Crippen molar-refractivity contribution in [3.63, 3.8) is 0 Å². The van der Waals surface area contributed by atoms with Crippen LogP contribution in [0.1, 0.15) is 53.4 Å². The summed E-state index contributed by atoms with van der Waals surface area (Å²) in [6.07, 6.45) is 3.65. The number of carbonyl (C=O) groups is 2. The fourth-order valence-electron chi connectivity index (χ4n) is 3.20. The van der Waals surface area contributed by atoms with E-state index in [0.29, 0.717) is 24.3 Å². The van der Waals surface area contributed by atoms with Gasteiger partial charge in [-0.3, -0.25) is 9.59 Å². The molecule has 0 aromatic carbocycles. The Kier molecular flexibility index (Phi) is 7.87. The van der Waals surface area contributed by atoms with Crippen LogP contribution in [0.15, 0.2) is 0 Å². The van der Waals surface area contributed by atoms with Gasteiger partial charge in [0.15, 0.2) is 0 Å². The molecule has 0 aliphatic heterocycles. The molecule has 0 aromatic rings. The van der Waals surface area contributed by atoms with Gasteiger partial charge in [0.25, 0.3) is 0 Å². The largest absolute Gasteiger partial charge is 0.481 e. The number of carbonyl (C=O) groups excluding carboxylic acids is 1. The Balaban J connectivity index is 2.33. The van der Waals surface area contributed by atoms with Crippen LogP contribution >= 0.6 is 0 Å². The lowest BCUT2D eigenvalue weighted by Crippen LogP contribution is -2.38. The number of amides is 1. The Morgan fingerprint density at radius 3 is 2.55 bits per heavy atom. The van der Waals surface area contributed by atoms with Crippen LogP contribution in [0.5, 0.6) is 0 Å². The van der Waals surface area contributed by atoms with E-state index < -0.39 is 5.97 Å². The monoisotopic (exact) mass is 313 g/mol. The number of ether oxygens (including phenoxy) is 1. The first kappa shape index (κ1) is 18.9. The average Bonchev–Trinajstić information content (AvgIpc) is 2.41. The normalized spacial score (nSPS) is 26.7. The van der Waals surface area contributed by atoms with E-state index in [0.717, 1.165) is 6.42 Å². The van der Waals surface area contributed by atoms with Gasteiger partial charge in [0.1, 0.15) is 6.61 Å². The molecule has 0 bridgehead atoms. The van der Waals surface area contributed by atoms with E-state index in [-0.39, 0.29) is 31.0 Å². The average molecular weight is 313 g/mol. The number of rotatable bonds is 8. The van der Waals surface area contributed by atoms with Crippen molar-refractivity contribution in [2.24, 2.45) is 23.7 Å². The van der Waals surface area contributed by atoms with Gasteiger partial charge in [-0.2, -0.15) is 0 Å². The summed E-state index contributed by atoms with van der Waals surface area (Å²) in [5.41, 5.74) is 0. The first-order valence-corrected chi connectivity index (χ1v) is 8.39. The third-order valence-corrected chi connectivity index (χ3v) is 4.56. The number of carboxylic acid groups (broad SMARTS) is 1. The summed E-state index contributed by atoms with van der Waals surface area (Å²) in [7, 11) is 0. The Bertz CT molecular complexity index is 370. The lowest BCUT2D eigenvalue weighted by molar-refractivity contribution is -0.138. The van der Waals surface area contributed by atoms with Crippen molar-refractivity contribution in [3.05, 3.63) is 0 Å². The third-order valence-electron chi connectivity index (χ3n) is 4.56. The van der Waals surface area contributed by atoms with Crippen molar-refractivity contribution >= 4 is 11.9 Å². The minimum Gasteiger partial charge on any atom is -0.481 e. The van der Waals surface area contributed by atoms with E-state index in [4.69, 9.17) is 9.84 Å². The number of hydrogen-bond donors (Lipinski definition) is 2.